The van der Waals surface area contributed by atoms with Gasteiger partial charge in [-0.3, -0.25) is 9.59 Å². The van der Waals surface area contributed by atoms with Crippen LogP contribution in [0.5, 0.6) is 11.5 Å². The van der Waals surface area contributed by atoms with Gasteiger partial charge in [-0.25, -0.2) is 4.39 Å². The number of nitrogens with one attached hydrogen (secondary N) is 1. The Bertz CT molecular complexity index is 1410. The van der Waals surface area contributed by atoms with Crippen LogP contribution in [0.1, 0.15) is 10.5 Å². The molecule has 178 valence electrons. The summed E-state index contributed by atoms with van der Waals surface area (Å²) in [7, 11) is 1.50. The summed E-state index contributed by atoms with van der Waals surface area (Å²) in [4.78, 5) is 25.0. The predicted octanol–water partition coefficient (Wildman–Crippen LogP) is 4.90. The number of rotatable bonds is 7. The molecule has 1 amide bonds. The van der Waals surface area contributed by atoms with Crippen molar-refractivity contribution >= 4 is 11.6 Å². The summed E-state index contributed by atoms with van der Waals surface area (Å²) < 4.78 is 49.8. The lowest BCUT2D eigenvalue weighted by molar-refractivity contribution is -0.0494. The Balaban J connectivity index is 1.64. The zero-order chi connectivity index (χ0) is 24.9. The fourth-order valence-corrected chi connectivity index (χ4v) is 3.30. The molecule has 0 bridgehead atoms. The van der Waals surface area contributed by atoms with E-state index in [4.69, 9.17) is 4.74 Å². The SMILES string of the molecule is COc1ccc(-c2cc(NC(=O)c3ccc(=O)n(-c4ccc(F)cc4)n3)ccc2OC(F)F)cc1. The lowest BCUT2D eigenvalue weighted by Gasteiger charge is -2.14. The lowest BCUT2D eigenvalue weighted by atomic mass is 10.0. The van der Waals surface area contributed by atoms with E-state index in [1.165, 1.54) is 55.6 Å². The molecule has 10 heteroatoms. The average molecular weight is 481 g/mol. The fraction of sp³-hybridized carbons (Fsp3) is 0.0800. The largest absolute Gasteiger partial charge is 0.497 e. The van der Waals surface area contributed by atoms with Crippen molar-refractivity contribution in [2.75, 3.05) is 12.4 Å². The molecule has 3 aromatic carbocycles. The summed E-state index contributed by atoms with van der Waals surface area (Å²) in [6, 6.07) is 18.3. The number of carbonyl (C=O) groups excluding carboxylic acids is 1. The maximum atomic E-state index is 13.2. The summed E-state index contributed by atoms with van der Waals surface area (Å²) in [6.07, 6.45) is 0. The van der Waals surface area contributed by atoms with Gasteiger partial charge in [0.05, 0.1) is 12.8 Å². The molecule has 0 atom stereocenters. The topological polar surface area (TPSA) is 82.5 Å². The Morgan fingerprint density at radius 1 is 0.971 bits per heavy atom. The highest BCUT2D eigenvalue weighted by Gasteiger charge is 2.16. The van der Waals surface area contributed by atoms with Crippen LogP contribution in [-0.4, -0.2) is 29.4 Å². The first-order valence-corrected chi connectivity index (χ1v) is 10.2. The van der Waals surface area contributed by atoms with E-state index >= 15 is 0 Å². The average Bonchev–Trinajstić information content (AvgIpc) is 2.85. The van der Waals surface area contributed by atoms with Crippen LogP contribution in [0.3, 0.4) is 0 Å². The van der Waals surface area contributed by atoms with Crippen molar-refractivity contribution in [1.82, 2.24) is 9.78 Å². The van der Waals surface area contributed by atoms with Gasteiger partial charge in [-0.1, -0.05) is 12.1 Å². The number of hydrogen-bond acceptors (Lipinski definition) is 5. The van der Waals surface area contributed by atoms with E-state index in [1.54, 1.807) is 24.3 Å². The van der Waals surface area contributed by atoms with E-state index in [0.717, 1.165) is 10.7 Å². The third-order valence-corrected chi connectivity index (χ3v) is 4.96. The molecular weight excluding hydrogens is 463 g/mol. The monoisotopic (exact) mass is 481 g/mol. The van der Waals surface area contributed by atoms with Crippen LogP contribution in [0.2, 0.25) is 0 Å². The van der Waals surface area contributed by atoms with Gasteiger partial charge in [0.15, 0.2) is 0 Å². The number of amides is 1. The van der Waals surface area contributed by atoms with Crippen molar-refractivity contribution < 1.29 is 27.4 Å². The van der Waals surface area contributed by atoms with Crippen molar-refractivity contribution in [2.24, 2.45) is 0 Å². The highest BCUT2D eigenvalue weighted by molar-refractivity contribution is 6.03. The predicted molar refractivity (Wildman–Crippen MR) is 123 cm³/mol. The highest BCUT2D eigenvalue weighted by atomic mass is 19.3. The molecule has 1 heterocycles. The quantitative estimate of drug-likeness (QED) is 0.406. The number of methoxy groups -OCH3 is 1. The van der Waals surface area contributed by atoms with Crippen molar-refractivity contribution in [3.05, 3.63) is 101 Å². The third-order valence-electron chi connectivity index (χ3n) is 4.96. The van der Waals surface area contributed by atoms with Crippen LogP contribution in [-0.2, 0) is 0 Å². The molecule has 4 aromatic rings. The number of hydrogen-bond donors (Lipinski definition) is 1. The maximum absolute atomic E-state index is 13.2. The smallest absolute Gasteiger partial charge is 0.387 e. The number of nitrogens with zero attached hydrogens (tertiary/aromatic N) is 2. The Hall–Kier alpha value is -4.60. The first kappa shape index (κ1) is 23.6. The van der Waals surface area contributed by atoms with E-state index in [1.807, 2.05) is 0 Å². The normalized spacial score (nSPS) is 10.8. The molecule has 4 rings (SSSR count). The van der Waals surface area contributed by atoms with E-state index in [0.29, 0.717) is 16.9 Å². The standard InChI is InChI=1S/C25H18F3N3O4/c1-34-19-9-2-15(3-10-19)20-14-17(6-12-22(20)35-25(27)28)29-24(33)21-11-13-23(32)31(30-21)18-7-4-16(26)5-8-18/h2-14,25H,1H3,(H,29,33). The number of alkyl halides is 2. The van der Waals surface area contributed by atoms with E-state index < -0.39 is 23.9 Å². The summed E-state index contributed by atoms with van der Waals surface area (Å²) in [6.45, 7) is -3.04. The first-order valence-electron chi connectivity index (χ1n) is 10.2. The molecule has 1 aromatic heterocycles. The minimum Gasteiger partial charge on any atom is -0.497 e. The van der Waals surface area contributed by atoms with Crippen molar-refractivity contribution in [2.45, 2.75) is 6.61 Å². The van der Waals surface area contributed by atoms with Gasteiger partial charge >= 0.3 is 6.61 Å². The van der Waals surface area contributed by atoms with Crippen LogP contribution in [0.4, 0.5) is 18.9 Å². The second kappa shape index (κ2) is 10.1. The lowest BCUT2D eigenvalue weighted by Crippen LogP contribution is -2.24. The summed E-state index contributed by atoms with van der Waals surface area (Å²) >= 11 is 0. The van der Waals surface area contributed by atoms with Crippen LogP contribution < -0.4 is 20.3 Å². The van der Waals surface area contributed by atoms with Gasteiger partial charge in [-0.15, -0.1) is 0 Å². The van der Waals surface area contributed by atoms with Crippen LogP contribution in [0.25, 0.3) is 16.8 Å². The van der Waals surface area contributed by atoms with Crippen molar-refractivity contribution in [3.8, 4) is 28.3 Å². The molecule has 0 aliphatic carbocycles. The number of anilines is 1. The molecule has 0 fully saturated rings. The van der Waals surface area contributed by atoms with Gasteiger partial charge in [0.25, 0.3) is 11.5 Å². The molecule has 0 saturated carbocycles. The zero-order valence-electron chi connectivity index (χ0n) is 18.2. The molecule has 0 spiro atoms. The van der Waals surface area contributed by atoms with Gasteiger partial charge in [-0.05, 0) is 66.2 Å². The van der Waals surface area contributed by atoms with Gasteiger partial charge in [0.2, 0.25) is 0 Å². The molecule has 0 radical (unpaired) electrons. The zero-order valence-corrected chi connectivity index (χ0v) is 18.2. The van der Waals surface area contributed by atoms with Gasteiger partial charge < -0.3 is 14.8 Å². The second-order valence-electron chi connectivity index (χ2n) is 7.22. The van der Waals surface area contributed by atoms with E-state index in [2.05, 4.69) is 15.2 Å². The summed E-state index contributed by atoms with van der Waals surface area (Å²) in [5.74, 6) is -0.630. The van der Waals surface area contributed by atoms with E-state index in [-0.39, 0.29) is 22.8 Å². The Kier molecular flexibility index (Phi) is 6.81. The van der Waals surface area contributed by atoms with Gasteiger partial charge in [-0.2, -0.15) is 18.6 Å². The third kappa shape index (κ3) is 5.49. The minimum absolute atomic E-state index is 0.0776. The summed E-state index contributed by atoms with van der Waals surface area (Å²) in [5, 5.41) is 6.69. The Morgan fingerprint density at radius 3 is 2.34 bits per heavy atom. The van der Waals surface area contributed by atoms with Crippen LogP contribution >= 0.6 is 0 Å². The highest BCUT2D eigenvalue weighted by Crippen LogP contribution is 2.34. The number of ether oxygens (including phenoxy) is 2. The molecule has 0 saturated heterocycles. The van der Waals surface area contributed by atoms with Crippen molar-refractivity contribution in [1.29, 1.82) is 0 Å². The van der Waals surface area contributed by atoms with Crippen LogP contribution in [0.15, 0.2) is 83.7 Å². The van der Waals surface area contributed by atoms with Crippen molar-refractivity contribution in [3.63, 3.8) is 0 Å². The Labute approximate surface area is 197 Å². The molecule has 0 aliphatic heterocycles. The van der Waals surface area contributed by atoms with Gasteiger partial charge in [0.1, 0.15) is 23.0 Å². The maximum Gasteiger partial charge on any atom is 0.387 e. The molecule has 0 aliphatic rings. The molecular formula is C25H18F3N3O4. The molecule has 1 N–H and O–H groups in total. The fourth-order valence-electron chi connectivity index (χ4n) is 3.30. The molecule has 0 unspecified atom stereocenters. The number of carbonyl (C=O) groups is 1. The van der Waals surface area contributed by atoms with Crippen LogP contribution in [0, 0.1) is 5.82 Å². The number of aromatic nitrogens is 2. The number of halogens is 3. The molecule has 35 heavy (non-hydrogen) atoms. The second-order valence-corrected chi connectivity index (χ2v) is 7.22. The van der Waals surface area contributed by atoms with Gasteiger partial charge in [0, 0.05) is 17.3 Å². The molecule has 7 nitrogen and oxygen atoms in total. The first-order chi connectivity index (χ1) is 16.8. The minimum atomic E-state index is -3.04. The van der Waals surface area contributed by atoms with E-state index in [9.17, 15) is 22.8 Å². The Morgan fingerprint density at radius 2 is 1.69 bits per heavy atom. The summed E-state index contributed by atoms with van der Waals surface area (Å²) in [5.41, 5.74) is 0.830. The number of benzene rings is 3.